The molecular formula is C23H20N4OS. The maximum atomic E-state index is 9.65. The molecule has 0 aliphatic heterocycles. The summed E-state index contributed by atoms with van der Waals surface area (Å²) in [6.45, 7) is 0. The third-order valence-corrected chi connectivity index (χ3v) is 5.73. The summed E-state index contributed by atoms with van der Waals surface area (Å²) in [6.07, 6.45) is 3.82. The highest BCUT2D eigenvalue weighted by molar-refractivity contribution is 7.98. The third kappa shape index (κ3) is 3.41. The molecule has 0 amide bonds. The Bertz CT molecular complexity index is 1230. The van der Waals surface area contributed by atoms with E-state index in [0.29, 0.717) is 5.56 Å². The van der Waals surface area contributed by atoms with Crippen molar-refractivity contribution in [1.29, 1.82) is 5.26 Å². The largest absolute Gasteiger partial charge is 0.496 e. The van der Waals surface area contributed by atoms with Crippen molar-refractivity contribution in [2.45, 2.75) is 4.90 Å². The second kappa shape index (κ2) is 7.90. The molecule has 0 bridgehead atoms. The lowest BCUT2D eigenvalue weighted by molar-refractivity contribution is 0.405. The molecule has 0 radical (unpaired) electrons. The van der Waals surface area contributed by atoms with E-state index in [-0.39, 0.29) is 0 Å². The molecule has 4 aromatic rings. The van der Waals surface area contributed by atoms with Crippen LogP contribution in [0, 0.1) is 11.3 Å². The lowest BCUT2D eigenvalue weighted by Crippen LogP contribution is -2.23. The Kier molecular flexibility index (Phi) is 5.15. The Morgan fingerprint density at radius 3 is 2.69 bits per heavy atom. The van der Waals surface area contributed by atoms with Gasteiger partial charge in [-0.3, -0.25) is 5.01 Å². The van der Waals surface area contributed by atoms with Gasteiger partial charge >= 0.3 is 0 Å². The van der Waals surface area contributed by atoms with Crippen molar-refractivity contribution in [2.24, 2.45) is 0 Å². The van der Waals surface area contributed by atoms with Crippen LogP contribution in [-0.4, -0.2) is 30.1 Å². The fourth-order valence-electron chi connectivity index (χ4n) is 3.38. The predicted octanol–water partition coefficient (Wildman–Crippen LogP) is 5.20. The molecule has 0 aliphatic rings. The zero-order valence-electron chi connectivity index (χ0n) is 16.5. The van der Waals surface area contributed by atoms with Crippen molar-refractivity contribution < 1.29 is 4.74 Å². The highest BCUT2D eigenvalue weighted by Gasteiger charge is 2.13. The molecule has 0 spiro atoms. The Labute approximate surface area is 174 Å². The Morgan fingerprint density at radius 1 is 1.10 bits per heavy atom. The number of methoxy groups -OCH3 is 1. The smallest absolute Gasteiger partial charge is 0.133 e. The number of nitriles is 1. The van der Waals surface area contributed by atoms with Crippen LogP contribution in [-0.2, 0) is 0 Å². The summed E-state index contributed by atoms with van der Waals surface area (Å²) in [5.74, 6) is 0.804. The maximum Gasteiger partial charge on any atom is 0.133 e. The van der Waals surface area contributed by atoms with Gasteiger partial charge in [-0.1, -0.05) is 18.2 Å². The molecular weight excluding hydrogens is 380 g/mol. The zero-order chi connectivity index (χ0) is 20.4. The second-order valence-electron chi connectivity index (χ2n) is 6.51. The average Bonchev–Trinajstić information content (AvgIpc) is 3.21. The summed E-state index contributed by atoms with van der Waals surface area (Å²) in [5.41, 5.74) is 5.35. The number of benzene rings is 3. The summed E-state index contributed by atoms with van der Waals surface area (Å²) in [7, 11) is 3.65. The number of ether oxygens (including phenoxy) is 1. The van der Waals surface area contributed by atoms with Crippen LogP contribution < -0.4 is 9.75 Å². The molecule has 1 heterocycles. The second-order valence-corrected chi connectivity index (χ2v) is 7.36. The monoisotopic (exact) mass is 400 g/mol. The van der Waals surface area contributed by atoms with E-state index >= 15 is 0 Å². The zero-order valence-corrected chi connectivity index (χ0v) is 17.3. The first-order valence-corrected chi connectivity index (χ1v) is 10.3. The van der Waals surface area contributed by atoms with Gasteiger partial charge in [0, 0.05) is 17.5 Å². The molecule has 6 heteroatoms. The molecule has 0 unspecified atom stereocenters. The highest BCUT2D eigenvalue weighted by atomic mass is 32.2. The number of nitrogens with zero attached hydrogens (tertiary/aromatic N) is 4. The molecule has 0 atom stereocenters. The van der Waals surface area contributed by atoms with Crippen molar-refractivity contribution >= 4 is 28.5 Å². The van der Waals surface area contributed by atoms with Gasteiger partial charge in [-0.15, -0.1) is 11.8 Å². The van der Waals surface area contributed by atoms with Gasteiger partial charge in [-0.2, -0.15) is 5.26 Å². The normalized spacial score (nSPS) is 10.7. The quantitative estimate of drug-likeness (QED) is 0.431. The van der Waals surface area contributed by atoms with E-state index in [1.54, 1.807) is 25.2 Å². The van der Waals surface area contributed by atoms with Crippen LogP contribution in [0.5, 0.6) is 5.75 Å². The minimum absolute atomic E-state index is 0.622. The first-order valence-electron chi connectivity index (χ1n) is 9.09. The summed E-state index contributed by atoms with van der Waals surface area (Å²) >= 11 is 1.63. The Morgan fingerprint density at radius 2 is 1.93 bits per heavy atom. The number of hydrogen-bond donors (Lipinski definition) is 0. The van der Waals surface area contributed by atoms with E-state index in [4.69, 9.17) is 4.74 Å². The first kappa shape index (κ1) is 18.9. The van der Waals surface area contributed by atoms with Crippen LogP contribution >= 0.6 is 11.8 Å². The first-order chi connectivity index (χ1) is 14.2. The van der Waals surface area contributed by atoms with Gasteiger partial charge in [0.1, 0.15) is 12.1 Å². The van der Waals surface area contributed by atoms with Crippen LogP contribution in [0.4, 0.5) is 5.69 Å². The number of thioether (sulfide) groups is 1. The van der Waals surface area contributed by atoms with Gasteiger partial charge in [0.25, 0.3) is 0 Å². The van der Waals surface area contributed by atoms with Crippen LogP contribution in [0.3, 0.4) is 0 Å². The Balaban J connectivity index is 1.81. The van der Waals surface area contributed by atoms with Crippen molar-refractivity contribution in [3.63, 3.8) is 0 Å². The molecule has 144 valence electrons. The third-order valence-electron chi connectivity index (χ3n) is 4.95. The van der Waals surface area contributed by atoms with E-state index in [9.17, 15) is 5.26 Å². The molecule has 1 aromatic heterocycles. The average molecular weight is 401 g/mol. The summed E-state index contributed by atoms with van der Waals surface area (Å²) in [4.78, 5) is 5.53. The number of rotatable bonds is 5. The highest BCUT2D eigenvalue weighted by Crippen LogP contribution is 2.35. The number of aromatic nitrogens is 2. The molecule has 5 nitrogen and oxygen atoms in total. The minimum Gasteiger partial charge on any atom is -0.496 e. The van der Waals surface area contributed by atoms with E-state index in [1.807, 2.05) is 83.7 Å². The van der Waals surface area contributed by atoms with Crippen LogP contribution in [0.25, 0.3) is 22.2 Å². The molecule has 0 saturated heterocycles. The number of para-hydroxylation sites is 2. The molecule has 0 N–H and O–H groups in total. The lowest BCUT2D eigenvalue weighted by Gasteiger charge is -2.22. The van der Waals surface area contributed by atoms with Crippen molar-refractivity contribution in [2.75, 3.05) is 25.4 Å². The standard InChI is InChI=1S/C23H20N4OS/c1-26(27-15-25-20-6-4-5-7-21(20)27)18-10-8-17(14-24)19(13-18)16-9-11-23(29-3)22(12-16)28-2/h4-13,15H,1-3H3. The van der Waals surface area contributed by atoms with Gasteiger partial charge in [-0.25, -0.2) is 9.66 Å². The van der Waals surface area contributed by atoms with E-state index < -0.39 is 0 Å². The molecule has 3 aromatic carbocycles. The number of anilines is 1. The molecule has 4 rings (SSSR count). The van der Waals surface area contributed by atoms with Crippen LogP contribution in [0.15, 0.2) is 71.9 Å². The number of imidazole rings is 1. The van der Waals surface area contributed by atoms with Crippen molar-refractivity contribution in [1.82, 2.24) is 9.66 Å². The Hall–Kier alpha value is -3.43. The summed E-state index contributed by atoms with van der Waals surface area (Å²) < 4.78 is 7.53. The lowest BCUT2D eigenvalue weighted by atomic mass is 9.99. The molecule has 29 heavy (non-hydrogen) atoms. The van der Waals surface area contributed by atoms with Crippen LogP contribution in [0.2, 0.25) is 0 Å². The van der Waals surface area contributed by atoms with E-state index in [0.717, 1.165) is 38.5 Å². The number of hydrogen-bond acceptors (Lipinski definition) is 5. The van der Waals surface area contributed by atoms with Crippen LogP contribution in [0.1, 0.15) is 5.56 Å². The van der Waals surface area contributed by atoms with Crippen molar-refractivity contribution in [3.8, 4) is 22.9 Å². The molecule has 0 saturated carbocycles. The summed E-state index contributed by atoms with van der Waals surface area (Å²) in [6, 6.07) is 22.2. The van der Waals surface area contributed by atoms with E-state index in [1.165, 1.54) is 0 Å². The SMILES string of the molecule is COc1cc(-c2cc(N(C)n3cnc4ccccc43)ccc2C#N)ccc1SC. The van der Waals surface area contributed by atoms with Crippen molar-refractivity contribution in [3.05, 3.63) is 72.6 Å². The maximum absolute atomic E-state index is 9.65. The molecule has 0 aliphatic carbocycles. The fourth-order valence-corrected chi connectivity index (χ4v) is 3.93. The van der Waals surface area contributed by atoms with Gasteiger partial charge in [0.15, 0.2) is 0 Å². The number of fused-ring (bicyclic) bond motifs is 1. The van der Waals surface area contributed by atoms with Gasteiger partial charge in [0.05, 0.1) is 35.5 Å². The fraction of sp³-hybridized carbons (Fsp3) is 0.130. The minimum atomic E-state index is 0.622. The predicted molar refractivity (Wildman–Crippen MR) is 118 cm³/mol. The summed E-state index contributed by atoms with van der Waals surface area (Å²) in [5, 5.41) is 11.7. The van der Waals surface area contributed by atoms with Gasteiger partial charge < -0.3 is 4.74 Å². The van der Waals surface area contributed by atoms with Gasteiger partial charge in [0.2, 0.25) is 0 Å². The van der Waals surface area contributed by atoms with E-state index in [2.05, 4.69) is 11.1 Å². The topological polar surface area (TPSA) is 54.1 Å². The van der Waals surface area contributed by atoms with Gasteiger partial charge in [-0.05, 0) is 54.3 Å². The molecule has 0 fully saturated rings.